The third kappa shape index (κ3) is 3.76. The fourth-order valence-electron chi connectivity index (χ4n) is 3.45. The molecular formula is C18H30N2. The zero-order valence-corrected chi connectivity index (χ0v) is 13.8. The summed E-state index contributed by atoms with van der Waals surface area (Å²) in [6.45, 7) is 15.9. The Hall–Kier alpha value is -1.02. The number of nitrogens with one attached hydrogen (secondary N) is 1. The van der Waals surface area contributed by atoms with Gasteiger partial charge in [-0.2, -0.15) is 0 Å². The maximum Gasteiger partial charge on any atom is 0.0425 e. The Kier molecular flexibility index (Phi) is 5.09. The quantitative estimate of drug-likeness (QED) is 0.881. The molecule has 2 nitrogen and oxygen atoms in total. The van der Waals surface area contributed by atoms with E-state index in [2.05, 4.69) is 57.0 Å². The third-order valence-corrected chi connectivity index (χ3v) is 4.22. The summed E-state index contributed by atoms with van der Waals surface area (Å²) in [5, 5.41) is 3.61. The number of aryl methyl sites for hydroxylation is 3. The molecule has 1 fully saturated rings. The lowest BCUT2D eigenvalue weighted by Crippen LogP contribution is -2.29. The predicted octanol–water partition coefficient (Wildman–Crippen LogP) is 3.68. The van der Waals surface area contributed by atoms with Crippen molar-refractivity contribution in [1.29, 1.82) is 0 Å². The SMILES string of the molecule is Cc1cc(C)c(N2CCC(CNCC(C)C)C2)c(C)c1. The lowest BCUT2D eigenvalue weighted by Gasteiger charge is -2.24. The fourth-order valence-corrected chi connectivity index (χ4v) is 3.45. The molecule has 0 radical (unpaired) electrons. The number of hydrogen-bond donors (Lipinski definition) is 1. The van der Waals surface area contributed by atoms with Crippen molar-refractivity contribution in [2.24, 2.45) is 11.8 Å². The highest BCUT2D eigenvalue weighted by Gasteiger charge is 2.24. The van der Waals surface area contributed by atoms with E-state index in [4.69, 9.17) is 0 Å². The molecule has 1 aliphatic heterocycles. The molecule has 20 heavy (non-hydrogen) atoms. The molecule has 1 aromatic rings. The molecule has 112 valence electrons. The minimum absolute atomic E-state index is 0.745. The van der Waals surface area contributed by atoms with Crippen molar-refractivity contribution in [3.05, 3.63) is 28.8 Å². The molecule has 1 N–H and O–H groups in total. The van der Waals surface area contributed by atoms with Gasteiger partial charge in [-0.25, -0.2) is 0 Å². The Morgan fingerprint density at radius 1 is 1.20 bits per heavy atom. The maximum atomic E-state index is 3.61. The van der Waals surface area contributed by atoms with Crippen molar-refractivity contribution in [3.63, 3.8) is 0 Å². The molecular weight excluding hydrogens is 244 g/mol. The minimum atomic E-state index is 0.745. The number of rotatable bonds is 5. The molecule has 2 heteroatoms. The van der Waals surface area contributed by atoms with Gasteiger partial charge in [-0.3, -0.25) is 0 Å². The monoisotopic (exact) mass is 274 g/mol. The van der Waals surface area contributed by atoms with Crippen LogP contribution in [0.1, 0.15) is 37.0 Å². The fraction of sp³-hybridized carbons (Fsp3) is 0.667. The van der Waals surface area contributed by atoms with Crippen LogP contribution in [0.2, 0.25) is 0 Å². The molecule has 1 aromatic carbocycles. The Labute approximate surface area is 124 Å². The highest BCUT2D eigenvalue weighted by atomic mass is 15.2. The molecule has 2 rings (SSSR count). The standard InChI is InChI=1S/C18H30N2/c1-13(2)10-19-11-17-6-7-20(12-17)18-15(4)8-14(3)9-16(18)5/h8-9,13,17,19H,6-7,10-12H2,1-5H3. The summed E-state index contributed by atoms with van der Waals surface area (Å²) in [6.07, 6.45) is 1.32. The highest BCUT2D eigenvalue weighted by Crippen LogP contribution is 2.30. The van der Waals surface area contributed by atoms with Crippen LogP contribution in [0.3, 0.4) is 0 Å². The number of nitrogens with zero attached hydrogens (tertiary/aromatic N) is 1. The molecule has 0 saturated carbocycles. The van der Waals surface area contributed by atoms with Gasteiger partial charge in [0.25, 0.3) is 0 Å². The Morgan fingerprint density at radius 3 is 2.45 bits per heavy atom. The van der Waals surface area contributed by atoms with Gasteiger partial charge in [0.1, 0.15) is 0 Å². The molecule has 1 unspecified atom stereocenters. The normalized spacial score (nSPS) is 19.1. The second kappa shape index (κ2) is 6.62. The van der Waals surface area contributed by atoms with E-state index in [1.54, 1.807) is 0 Å². The van der Waals surface area contributed by atoms with E-state index in [1.807, 2.05) is 0 Å². The minimum Gasteiger partial charge on any atom is -0.371 e. The van der Waals surface area contributed by atoms with Gasteiger partial charge in [-0.1, -0.05) is 31.5 Å². The number of hydrogen-bond acceptors (Lipinski definition) is 2. The van der Waals surface area contributed by atoms with Gasteiger partial charge >= 0.3 is 0 Å². The van der Waals surface area contributed by atoms with Gasteiger partial charge in [-0.15, -0.1) is 0 Å². The molecule has 1 atom stereocenters. The van der Waals surface area contributed by atoms with Crippen molar-refractivity contribution in [3.8, 4) is 0 Å². The van der Waals surface area contributed by atoms with E-state index in [-0.39, 0.29) is 0 Å². The molecule has 0 bridgehead atoms. The van der Waals surface area contributed by atoms with Crippen molar-refractivity contribution >= 4 is 5.69 Å². The van der Waals surface area contributed by atoms with E-state index in [0.717, 1.165) is 18.4 Å². The van der Waals surface area contributed by atoms with E-state index in [1.165, 1.54) is 48.4 Å². The van der Waals surface area contributed by atoms with Crippen LogP contribution in [-0.4, -0.2) is 26.2 Å². The Bertz CT molecular complexity index is 428. The molecule has 0 amide bonds. The van der Waals surface area contributed by atoms with Crippen LogP contribution in [0.15, 0.2) is 12.1 Å². The predicted molar refractivity (Wildman–Crippen MR) is 88.7 cm³/mol. The lowest BCUT2D eigenvalue weighted by molar-refractivity contribution is 0.477. The lowest BCUT2D eigenvalue weighted by atomic mass is 10.0. The molecule has 1 aliphatic rings. The Morgan fingerprint density at radius 2 is 1.85 bits per heavy atom. The van der Waals surface area contributed by atoms with Crippen LogP contribution in [0, 0.1) is 32.6 Å². The van der Waals surface area contributed by atoms with Gasteiger partial charge in [-0.05, 0) is 63.2 Å². The van der Waals surface area contributed by atoms with Gasteiger partial charge < -0.3 is 10.2 Å². The first-order valence-electron chi connectivity index (χ1n) is 8.01. The molecule has 0 aliphatic carbocycles. The van der Waals surface area contributed by atoms with Crippen molar-refractivity contribution in [1.82, 2.24) is 5.32 Å². The molecule has 0 aromatic heterocycles. The molecule has 1 heterocycles. The summed E-state index contributed by atoms with van der Waals surface area (Å²) < 4.78 is 0. The highest BCUT2D eigenvalue weighted by molar-refractivity contribution is 5.60. The van der Waals surface area contributed by atoms with E-state index in [9.17, 15) is 0 Å². The van der Waals surface area contributed by atoms with Crippen LogP contribution < -0.4 is 10.2 Å². The van der Waals surface area contributed by atoms with Crippen LogP contribution >= 0.6 is 0 Å². The van der Waals surface area contributed by atoms with Crippen LogP contribution in [-0.2, 0) is 0 Å². The van der Waals surface area contributed by atoms with Crippen molar-refractivity contribution < 1.29 is 0 Å². The van der Waals surface area contributed by atoms with Gasteiger partial charge in [0.2, 0.25) is 0 Å². The maximum absolute atomic E-state index is 3.61. The van der Waals surface area contributed by atoms with E-state index < -0.39 is 0 Å². The molecule has 1 saturated heterocycles. The number of anilines is 1. The van der Waals surface area contributed by atoms with Gasteiger partial charge in [0.05, 0.1) is 0 Å². The second-order valence-corrected chi connectivity index (χ2v) is 6.90. The summed E-state index contributed by atoms with van der Waals surface area (Å²) in [4.78, 5) is 2.59. The zero-order chi connectivity index (χ0) is 14.7. The summed E-state index contributed by atoms with van der Waals surface area (Å²) in [5.74, 6) is 1.54. The van der Waals surface area contributed by atoms with Crippen LogP contribution in [0.4, 0.5) is 5.69 Å². The summed E-state index contributed by atoms with van der Waals surface area (Å²) >= 11 is 0. The summed E-state index contributed by atoms with van der Waals surface area (Å²) in [5.41, 5.74) is 5.71. The Balaban J connectivity index is 1.96. The van der Waals surface area contributed by atoms with Crippen LogP contribution in [0.5, 0.6) is 0 Å². The van der Waals surface area contributed by atoms with Crippen LogP contribution in [0.25, 0.3) is 0 Å². The van der Waals surface area contributed by atoms with Gasteiger partial charge in [0, 0.05) is 18.8 Å². The van der Waals surface area contributed by atoms with Gasteiger partial charge in [0.15, 0.2) is 0 Å². The largest absolute Gasteiger partial charge is 0.371 e. The topological polar surface area (TPSA) is 15.3 Å². The molecule has 0 spiro atoms. The van der Waals surface area contributed by atoms with E-state index >= 15 is 0 Å². The first kappa shape index (κ1) is 15.4. The second-order valence-electron chi connectivity index (χ2n) is 6.90. The van der Waals surface area contributed by atoms with E-state index in [0.29, 0.717) is 0 Å². The zero-order valence-electron chi connectivity index (χ0n) is 13.8. The number of benzene rings is 1. The first-order chi connectivity index (χ1) is 9.47. The average Bonchev–Trinajstić information content (AvgIpc) is 2.75. The third-order valence-electron chi connectivity index (χ3n) is 4.22. The first-order valence-corrected chi connectivity index (χ1v) is 8.01. The summed E-state index contributed by atoms with van der Waals surface area (Å²) in [7, 11) is 0. The van der Waals surface area contributed by atoms with Crippen molar-refractivity contribution in [2.45, 2.75) is 41.0 Å². The van der Waals surface area contributed by atoms with Crippen molar-refractivity contribution in [2.75, 3.05) is 31.1 Å². The smallest absolute Gasteiger partial charge is 0.0425 e. The summed E-state index contributed by atoms with van der Waals surface area (Å²) in [6, 6.07) is 4.62. The average molecular weight is 274 g/mol.